The zero-order valence-corrected chi connectivity index (χ0v) is 17.4. The van der Waals surface area contributed by atoms with Crippen LogP contribution in [0.2, 0.25) is 0 Å². The molecule has 4 nitrogen and oxygen atoms in total. The van der Waals surface area contributed by atoms with E-state index in [0.717, 1.165) is 29.0 Å². The van der Waals surface area contributed by atoms with Gasteiger partial charge in [0, 0.05) is 24.8 Å². The summed E-state index contributed by atoms with van der Waals surface area (Å²) in [5.74, 6) is 0.137. The standard InChI is InChI=1S/C18H18BF2N3OS.C2H6/c1-3-24(4-2)14-10-9-13(16(11-14)25-19(20)21)12-22-18-23-15-7-5-6-8-17(15)26-18;1-2/h5-12H,3-4H2,1-2H3;1-2H3/p+1/b22-12+;. The Kier molecular flexibility index (Phi) is 8.38. The highest BCUT2D eigenvalue weighted by atomic mass is 32.1. The highest BCUT2D eigenvalue weighted by Crippen LogP contribution is 2.26. The Morgan fingerprint density at radius 2 is 1.86 bits per heavy atom. The van der Waals surface area contributed by atoms with Gasteiger partial charge < -0.3 is 9.55 Å². The third-order valence-electron chi connectivity index (χ3n) is 3.99. The molecule has 0 spiro atoms. The van der Waals surface area contributed by atoms with Crippen LogP contribution >= 0.6 is 11.3 Å². The summed E-state index contributed by atoms with van der Waals surface area (Å²) in [4.78, 5) is 9.63. The van der Waals surface area contributed by atoms with Crippen LogP contribution in [0.15, 0.2) is 42.5 Å². The molecule has 0 saturated carbocycles. The van der Waals surface area contributed by atoms with Crippen LogP contribution in [0.25, 0.3) is 10.2 Å². The Balaban J connectivity index is 0.00000136. The van der Waals surface area contributed by atoms with E-state index in [0.29, 0.717) is 10.7 Å². The molecule has 1 N–H and O–H groups in total. The quantitative estimate of drug-likeness (QED) is 0.472. The van der Waals surface area contributed by atoms with Gasteiger partial charge in [-0.3, -0.25) is 0 Å². The number of anilines is 1. The van der Waals surface area contributed by atoms with Crippen LogP contribution in [0, 0.1) is 0 Å². The molecular formula is C20H25BF2N3OS+. The number of nitrogens with zero attached hydrogens (tertiary/aromatic N) is 2. The summed E-state index contributed by atoms with van der Waals surface area (Å²) in [6, 6.07) is 13.1. The molecule has 0 aliphatic heterocycles. The van der Waals surface area contributed by atoms with Crippen molar-refractivity contribution in [2.24, 2.45) is 0 Å². The van der Waals surface area contributed by atoms with E-state index in [1.165, 1.54) is 11.3 Å². The van der Waals surface area contributed by atoms with Gasteiger partial charge in [0.2, 0.25) is 0 Å². The van der Waals surface area contributed by atoms with Crippen molar-refractivity contribution >= 4 is 46.1 Å². The number of halogens is 2. The van der Waals surface area contributed by atoms with Gasteiger partial charge in [-0.05, 0) is 54.4 Å². The van der Waals surface area contributed by atoms with E-state index in [9.17, 15) is 8.63 Å². The summed E-state index contributed by atoms with van der Waals surface area (Å²) < 4.78 is 31.4. The average Bonchev–Trinajstić information content (AvgIpc) is 3.12. The first-order valence-electron chi connectivity index (χ1n) is 9.39. The zero-order chi connectivity index (χ0) is 20.5. The first-order chi connectivity index (χ1) is 13.6. The van der Waals surface area contributed by atoms with Gasteiger partial charge in [0.15, 0.2) is 5.52 Å². The van der Waals surface area contributed by atoms with Gasteiger partial charge in [-0.2, -0.15) is 0 Å². The van der Waals surface area contributed by atoms with E-state index in [1.807, 2.05) is 58.0 Å². The van der Waals surface area contributed by atoms with Crippen molar-refractivity contribution in [3.8, 4) is 5.75 Å². The first kappa shape index (κ1) is 21.8. The lowest BCUT2D eigenvalue weighted by atomic mass is 10.1. The molecule has 3 aromatic rings. The van der Waals surface area contributed by atoms with Crippen LogP contribution in [0.3, 0.4) is 0 Å². The number of thiazole rings is 1. The van der Waals surface area contributed by atoms with E-state index in [2.05, 4.69) is 14.9 Å². The minimum atomic E-state index is -2.88. The van der Waals surface area contributed by atoms with Gasteiger partial charge in [0.25, 0.3) is 0 Å². The van der Waals surface area contributed by atoms with Gasteiger partial charge in [-0.15, -0.1) is 0 Å². The summed E-state index contributed by atoms with van der Waals surface area (Å²) >= 11 is 1.50. The summed E-state index contributed by atoms with van der Waals surface area (Å²) in [5.41, 5.74) is 2.29. The molecule has 28 heavy (non-hydrogen) atoms. The third-order valence-corrected chi connectivity index (χ3v) is 4.95. The lowest BCUT2D eigenvalue weighted by Gasteiger charge is -2.22. The fraction of sp³-hybridized carbons (Fsp3) is 0.300. The molecule has 1 aromatic heterocycles. The fourth-order valence-electron chi connectivity index (χ4n) is 2.70. The molecule has 148 valence electrons. The lowest BCUT2D eigenvalue weighted by Crippen LogP contribution is -2.61. The molecule has 0 unspecified atom stereocenters. The normalized spacial score (nSPS) is 10.6. The second-order valence-corrected chi connectivity index (χ2v) is 6.58. The molecule has 0 aliphatic rings. The molecular weight excluding hydrogens is 379 g/mol. The number of benzene rings is 2. The van der Waals surface area contributed by atoms with Crippen molar-refractivity contribution in [2.75, 3.05) is 18.0 Å². The third kappa shape index (κ3) is 5.51. The van der Waals surface area contributed by atoms with Crippen LogP contribution in [-0.4, -0.2) is 31.8 Å². The molecule has 8 heteroatoms. The van der Waals surface area contributed by atoms with Crippen LogP contribution in [-0.2, 0) is 0 Å². The summed E-state index contributed by atoms with van der Waals surface area (Å²) in [5, 5.41) is 0.696. The van der Waals surface area contributed by atoms with Crippen LogP contribution < -0.4 is 14.5 Å². The Morgan fingerprint density at radius 3 is 2.50 bits per heavy atom. The van der Waals surface area contributed by atoms with Gasteiger partial charge >= 0.3 is 12.6 Å². The summed E-state index contributed by atoms with van der Waals surface area (Å²) in [6.45, 7) is 9.62. The maximum Gasteiger partial charge on any atom is 0.796 e. The molecule has 3 rings (SSSR count). The Bertz CT molecular complexity index is 880. The summed E-state index contributed by atoms with van der Waals surface area (Å²) in [7, 11) is -2.88. The molecule has 0 amide bonds. The topological polar surface area (TPSA) is 39.3 Å². The smallest absolute Gasteiger partial charge is 0.505 e. The highest BCUT2D eigenvalue weighted by molar-refractivity contribution is 7.21. The Hall–Kier alpha value is -2.48. The minimum absolute atomic E-state index is 0.137. The molecule has 0 saturated heterocycles. The van der Waals surface area contributed by atoms with Crippen molar-refractivity contribution in [1.29, 1.82) is 0 Å². The average molecular weight is 404 g/mol. The maximum atomic E-state index is 12.8. The van der Waals surface area contributed by atoms with Crippen LogP contribution in [0.5, 0.6) is 5.75 Å². The van der Waals surface area contributed by atoms with E-state index in [-0.39, 0.29) is 5.75 Å². The number of nitrogens with one attached hydrogen (secondary N) is 1. The monoisotopic (exact) mass is 404 g/mol. The SMILES string of the molecule is CC.CCN(CC)c1ccc(/C=[NH+]/c2nc3ccccc3s2)c(OB(F)F)c1. The number of hydrogen-bond donors (Lipinski definition) is 1. The minimum Gasteiger partial charge on any atom is -0.505 e. The second kappa shape index (κ2) is 10.8. The van der Waals surface area contributed by atoms with Crippen molar-refractivity contribution in [3.05, 3.63) is 48.0 Å². The van der Waals surface area contributed by atoms with E-state index in [1.54, 1.807) is 18.3 Å². The van der Waals surface area contributed by atoms with Crippen molar-refractivity contribution < 1.29 is 18.3 Å². The fourth-order valence-corrected chi connectivity index (χ4v) is 3.53. The predicted molar refractivity (Wildman–Crippen MR) is 115 cm³/mol. The molecule has 0 bridgehead atoms. The number of hydrogen-bond acceptors (Lipinski definition) is 4. The number of aromatic nitrogens is 1. The molecule has 2 aromatic carbocycles. The van der Waals surface area contributed by atoms with Crippen molar-refractivity contribution in [3.63, 3.8) is 0 Å². The molecule has 0 atom stereocenters. The number of para-hydroxylation sites is 1. The Morgan fingerprint density at radius 1 is 1.14 bits per heavy atom. The zero-order valence-electron chi connectivity index (χ0n) is 16.6. The second-order valence-electron chi connectivity index (χ2n) is 5.55. The first-order valence-corrected chi connectivity index (χ1v) is 10.2. The molecule has 1 heterocycles. The van der Waals surface area contributed by atoms with E-state index >= 15 is 0 Å². The molecule has 0 fully saturated rings. The molecule has 0 aliphatic carbocycles. The van der Waals surface area contributed by atoms with Gasteiger partial charge in [-0.25, -0.2) is 13.6 Å². The van der Waals surface area contributed by atoms with Gasteiger partial charge in [0.05, 0.1) is 16.5 Å². The molecule has 0 radical (unpaired) electrons. The maximum absolute atomic E-state index is 12.8. The Labute approximate surface area is 169 Å². The summed E-state index contributed by atoms with van der Waals surface area (Å²) in [6.07, 6.45) is 1.64. The largest absolute Gasteiger partial charge is 0.796 e. The van der Waals surface area contributed by atoms with E-state index < -0.39 is 7.47 Å². The van der Waals surface area contributed by atoms with Gasteiger partial charge in [-0.1, -0.05) is 26.0 Å². The van der Waals surface area contributed by atoms with Crippen LogP contribution in [0.4, 0.5) is 19.5 Å². The van der Waals surface area contributed by atoms with Crippen LogP contribution in [0.1, 0.15) is 33.3 Å². The predicted octanol–water partition coefficient (Wildman–Crippen LogP) is 4.30. The number of rotatable bonds is 7. The lowest BCUT2D eigenvalue weighted by molar-refractivity contribution is -0.346. The highest BCUT2D eigenvalue weighted by Gasteiger charge is 2.21. The van der Waals surface area contributed by atoms with Crippen molar-refractivity contribution in [1.82, 2.24) is 4.98 Å². The van der Waals surface area contributed by atoms with Crippen molar-refractivity contribution in [2.45, 2.75) is 27.7 Å². The number of fused-ring (bicyclic) bond motifs is 1. The van der Waals surface area contributed by atoms with E-state index in [4.69, 9.17) is 4.65 Å². The van der Waals surface area contributed by atoms with Gasteiger partial charge in [0.1, 0.15) is 5.75 Å².